The standard InChI is InChI=1S/C44H48N4O6S/c45-38-13-7-8-14-39(38)47-42(51)16-4-2-1-3-15-41(50)46-28-35-11-5-6-12-37(35)32-22-24-34(25-23-32)44-53-36(30-55-43-17-9-10-26-48(43)52)27-40(54-44)33-20-18-31(29-49)19-21-33/h5-14,17-26,36,40,44,49H,1-4,15-16,27-30,45H2,(H,46,50)(H,47,51)/t36-,40+,44+/m1/s1. The first kappa shape index (κ1) is 39.5. The Kier molecular flexibility index (Phi) is 14.3. The van der Waals surface area contributed by atoms with E-state index in [2.05, 4.69) is 16.7 Å². The lowest BCUT2D eigenvalue weighted by atomic mass is 9.97. The molecule has 2 heterocycles. The summed E-state index contributed by atoms with van der Waals surface area (Å²) in [6.07, 6.45) is 5.18. The fourth-order valence-electron chi connectivity index (χ4n) is 6.53. The van der Waals surface area contributed by atoms with Crippen LogP contribution in [0.15, 0.2) is 126 Å². The molecule has 1 saturated heterocycles. The van der Waals surface area contributed by atoms with Gasteiger partial charge in [0.15, 0.2) is 12.5 Å². The number of nitrogens with two attached hydrogens (primary N) is 1. The van der Waals surface area contributed by atoms with Crippen LogP contribution in [0.25, 0.3) is 11.1 Å². The van der Waals surface area contributed by atoms with Gasteiger partial charge in [-0.2, -0.15) is 4.73 Å². The number of nitrogens with zero attached hydrogens (tertiary/aromatic N) is 1. The van der Waals surface area contributed by atoms with Crippen molar-refractivity contribution in [1.82, 2.24) is 5.32 Å². The van der Waals surface area contributed by atoms with Crippen LogP contribution in [0.4, 0.5) is 11.4 Å². The first-order valence-electron chi connectivity index (χ1n) is 18.8. The Morgan fingerprint density at radius 1 is 0.800 bits per heavy atom. The molecular weight excluding hydrogens is 713 g/mol. The average Bonchev–Trinajstić information content (AvgIpc) is 3.22. The molecule has 0 spiro atoms. The predicted octanol–water partition coefficient (Wildman–Crippen LogP) is 7.99. The van der Waals surface area contributed by atoms with Crippen LogP contribution < -0.4 is 21.1 Å². The number of hydrogen-bond acceptors (Lipinski definition) is 8. The second-order valence-electron chi connectivity index (χ2n) is 13.6. The number of hydrogen-bond donors (Lipinski definition) is 4. The molecule has 2 amide bonds. The third-order valence-electron chi connectivity index (χ3n) is 9.60. The molecule has 5 N–H and O–H groups in total. The molecule has 0 saturated carbocycles. The molecule has 6 rings (SSSR count). The fourth-order valence-corrected chi connectivity index (χ4v) is 7.47. The molecule has 1 aromatic heterocycles. The number of carbonyl (C=O) groups excluding carboxylic acids is 2. The van der Waals surface area contributed by atoms with Crippen LogP contribution in [0.3, 0.4) is 0 Å². The van der Waals surface area contributed by atoms with Crippen LogP contribution in [0, 0.1) is 5.21 Å². The van der Waals surface area contributed by atoms with Crippen molar-refractivity contribution in [2.75, 3.05) is 16.8 Å². The minimum Gasteiger partial charge on any atom is -0.618 e. The first-order valence-corrected chi connectivity index (χ1v) is 19.8. The Hall–Kier alpha value is -5.20. The quantitative estimate of drug-likeness (QED) is 0.0245. The van der Waals surface area contributed by atoms with Crippen molar-refractivity contribution in [3.8, 4) is 11.1 Å². The smallest absolute Gasteiger partial charge is 0.251 e. The van der Waals surface area contributed by atoms with Gasteiger partial charge in [-0.25, -0.2) is 0 Å². The van der Waals surface area contributed by atoms with E-state index in [-0.39, 0.29) is 30.6 Å². The molecular formula is C44H48N4O6S. The minimum atomic E-state index is -0.619. The summed E-state index contributed by atoms with van der Waals surface area (Å²) < 4.78 is 13.9. The number of para-hydroxylation sites is 2. The number of nitrogen functional groups attached to an aromatic ring is 1. The van der Waals surface area contributed by atoms with Gasteiger partial charge in [0.05, 0.1) is 30.2 Å². The van der Waals surface area contributed by atoms with Gasteiger partial charge in [0, 0.05) is 49.3 Å². The van der Waals surface area contributed by atoms with Gasteiger partial charge in [0.2, 0.25) is 11.8 Å². The number of aliphatic hydroxyl groups excluding tert-OH is 1. The van der Waals surface area contributed by atoms with E-state index in [0.29, 0.717) is 48.0 Å². The van der Waals surface area contributed by atoms with Gasteiger partial charge in [0.1, 0.15) is 0 Å². The monoisotopic (exact) mass is 760 g/mol. The van der Waals surface area contributed by atoms with Gasteiger partial charge in [-0.3, -0.25) is 9.59 Å². The summed E-state index contributed by atoms with van der Waals surface area (Å²) in [6.45, 7) is 0.386. The molecule has 0 aliphatic carbocycles. The Labute approximate surface area is 326 Å². The number of anilines is 2. The highest BCUT2D eigenvalue weighted by atomic mass is 32.2. The number of carbonyl (C=O) groups is 2. The van der Waals surface area contributed by atoms with Crippen LogP contribution in [-0.4, -0.2) is 28.8 Å². The maximum Gasteiger partial charge on any atom is 0.251 e. The lowest BCUT2D eigenvalue weighted by molar-refractivity contribution is -0.645. The number of ether oxygens (including phenoxy) is 2. The normalized spacial score (nSPS) is 16.7. The summed E-state index contributed by atoms with van der Waals surface area (Å²) in [5.41, 5.74) is 12.8. The number of rotatable bonds is 17. The number of amides is 2. The largest absolute Gasteiger partial charge is 0.618 e. The van der Waals surface area contributed by atoms with E-state index in [9.17, 15) is 19.9 Å². The average molecular weight is 761 g/mol. The van der Waals surface area contributed by atoms with Crippen molar-refractivity contribution in [3.63, 3.8) is 0 Å². The summed E-state index contributed by atoms with van der Waals surface area (Å²) in [4.78, 5) is 25.0. The second-order valence-corrected chi connectivity index (χ2v) is 14.7. The molecule has 0 radical (unpaired) electrons. The van der Waals surface area contributed by atoms with Crippen molar-refractivity contribution in [2.24, 2.45) is 0 Å². The molecule has 5 aromatic rings. The molecule has 286 valence electrons. The zero-order valence-corrected chi connectivity index (χ0v) is 31.6. The van der Waals surface area contributed by atoms with E-state index in [1.165, 1.54) is 18.0 Å². The highest BCUT2D eigenvalue weighted by Gasteiger charge is 2.33. The lowest BCUT2D eigenvalue weighted by Crippen LogP contribution is -2.32. The number of aliphatic hydroxyl groups is 1. The maximum absolute atomic E-state index is 12.7. The van der Waals surface area contributed by atoms with Crippen LogP contribution in [-0.2, 0) is 32.2 Å². The van der Waals surface area contributed by atoms with Crippen molar-refractivity contribution in [1.29, 1.82) is 0 Å². The summed E-state index contributed by atoms with van der Waals surface area (Å²) in [5, 5.41) is 28.4. The van der Waals surface area contributed by atoms with Crippen LogP contribution >= 0.6 is 11.8 Å². The number of unbranched alkanes of at least 4 members (excludes halogenated alkanes) is 3. The van der Waals surface area contributed by atoms with Gasteiger partial charge >= 0.3 is 0 Å². The molecule has 1 aliphatic rings. The van der Waals surface area contributed by atoms with Crippen molar-refractivity contribution in [3.05, 3.63) is 149 Å². The van der Waals surface area contributed by atoms with Crippen molar-refractivity contribution in [2.45, 2.75) is 81.6 Å². The van der Waals surface area contributed by atoms with Gasteiger partial charge in [-0.05, 0) is 58.9 Å². The zero-order chi connectivity index (χ0) is 38.4. The predicted molar refractivity (Wildman–Crippen MR) is 215 cm³/mol. The topological polar surface area (TPSA) is 150 Å². The van der Waals surface area contributed by atoms with Gasteiger partial charge in [-0.15, -0.1) is 0 Å². The van der Waals surface area contributed by atoms with E-state index >= 15 is 0 Å². The van der Waals surface area contributed by atoms with Gasteiger partial charge < -0.3 is 36.2 Å². The van der Waals surface area contributed by atoms with Gasteiger partial charge in [0.25, 0.3) is 5.03 Å². The lowest BCUT2D eigenvalue weighted by Gasteiger charge is -2.36. The van der Waals surface area contributed by atoms with Gasteiger partial charge in [-0.1, -0.05) is 110 Å². The molecule has 1 fully saturated rings. The zero-order valence-electron chi connectivity index (χ0n) is 30.8. The maximum atomic E-state index is 12.7. The third kappa shape index (κ3) is 11.4. The van der Waals surface area contributed by atoms with E-state index in [1.54, 1.807) is 24.3 Å². The summed E-state index contributed by atoms with van der Waals surface area (Å²) >= 11 is 1.46. The SMILES string of the molecule is Nc1ccccc1NC(=O)CCCCCCC(=O)NCc1ccccc1-c1ccc([C@H]2O[C@@H](CSc3cccc[n+]3[O-])C[C@@H](c3ccc(CO)cc3)O2)cc1. The number of thioether (sulfide) groups is 1. The molecule has 3 atom stereocenters. The van der Waals surface area contributed by atoms with E-state index in [0.717, 1.165) is 63.8 Å². The molecule has 55 heavy (non-hydrogen) atoms. The second kappa shape index (κ2) is 19.9. The van der Waals surface area contributed by atoms with Crippen LogP contribution in [0.1, 0.15) is 79.6 Å². The number of nitrogens with one attached hydrogen (secondary N) is 2. The summed E-state index contributed by atoms with van der Waals surface area (Å²) in [5.74, 6) is 0.524. The number of pyridine rings is 1. The first-order chi connectivity index (χ1) is 26.9. The summed E-state index contributed by atoms with van der Waals surface area (Å²) in [6, 6.07) is 36.5. The highest BCUT2D eigenvalue weighted by Crippen LogP contribution is 2.40. The molecule has 11 heteroatoms. The highest BCUT2D eigenvalue weighted by molar-refractivity contribution is 7.99. The molecule has 0 bridgehead atoms. The Morgan fingerprint density at radius 2 is 1.49 bits per heavy atom. The Bertz CT molecular complexity index is 2010. The molecule has 0 unspecified atom stereocenters. The number of aromatic nitrogens is 1. The Balaban J connectivity index is 1.01. The molecule has 10 nitrogen and oxygen atoms in total. The number of benzene rings is 4. The van der Waals surface area contributed by atoms with Crippen molar-refractivity contribution < 1.29 is 28.9 Å². The summed E-state index contributed by atoms with van der Waals surface area (Å²) in [7, 11) is 0. The Morgan fingerprint density at radius 3 is 2.24 bits per heavy atom. The van der Waals surface area contributed by atoms with E-state index in [4.69, 9.17) is 15.2 Å². The fraction of sp³-hybridized carbons (Fsp3) is 0.295. The van der Waals surface area contributed by atoms with E-state index in [1.807, 2.05) is 84.9 Å². The third-order valence-corrected chi connectivity index (χ3v) is 10.8. The van der Waals surface area contributed by atoms with Crippen molar-refractivity contribution >= 4 is 35.0 Å². The van der Waals surface area contributed by atoms with Crippen LogP contribution in [0.2, 0.25) is 0 Å². The minimum absolute atomic E-state index is 0.000325. The molecule has 4 aromatic carbocycles. The molecule has 1 aliphatic heterocycles. The van der Waals surface area contributed by atoms with Crippen LogP contribution in [0.5, 0.6) is 0 Å². The van der Waals surface area contributed by atoms with E-state index < -0.39 is 6.29 Å².